The molecule has 1 fully saturated rings. The van der Waals surface area contributed by atoms with E-state index < -0.39 is 4.92 Å². The van der Waals surface area contributed by atoms with Gasteiger partial charge in [-0.15, -0.1) is 0 Å². The highest BCUT2D eigenvalue weighted by Gasteiger charge is 2.35. The van der Waals surface area contributed by atoms with E-state index in [0.717, 1.165) is 21.8 Å². The van der Waals surface area contributed by atoms with Crippen LogP contribution in [0.4, 0.5) is 10.5 Å². The molecule has 1 aliphatic rings. The van der Waals surface area contributed by atoms with Crippen molar-refractivity contribution in [2.75, 3.05) is 0 Å². The lowest BCUT2D eigenvalue weighted by atomic mass is 10.1. The molecule has 156 valence electrons. The molecule has 1 aliphatic heterocycles. The van der Waals surface area contributed by atoms with Gasteiger partial charge in [-0.25, -0.2) is 0 Å². The third kappa shape index (κ3) is 4.47. The zero-order valence-corrected chi connectivity index (χ0v) is 18.6. The summed E-state index contributed by atoms with van der Waals surface area (Å²) in [5.74, 6) is 0.424. The van der Waals surface area contributed by atoms with Crippen LogP contribution < -0.4 is 0 Å². The summed E-state index contributed by atoms with van der Waals surface area (Å²) in [6.07, 6.45) is 1.51. The molecular formula is C22H15BrN2O5S. The van der Waals surface area contributed by atoms with E-state index in [2.05, 4.69) is 15.9 Å². The van der Waals surface area contributed by atoms with Crippen molar-refractivity contribution in [2.45, 2.75) is 13.5 Å². The first kappa shape index (κ1) is 21.1. The average molecular weight is 499 g/mol. The monoisotopic (exact) mass is 498 g/mol. The highest BCUT2D eigenvalue weighted by molar-refractivity contribution is 9.10. The fourth-order valence-electron chi connectivity index (χ4n) is 3.13. The van der Waals surface area contributed by atoms with Crippen LogP contribution in [0.15, 0.2) is 68.4 Å². The van der Waals surface area contributed by atoms with Crippen LogP contribution in [0.2, 0.25) is 0 Å². The number of carbonyl (C=O) groups is 2. The van der Waals surface area contributed by atoms with Gasteiger partial charge in [-0.2, -0.15) is 0 Å². The zero-order valence-electron chi connectivity index (χ0n) is 16.2. The van der Waals surface area contributed by atoms with E-state index in [9.17, 15) is 19.7 Å². The number of nitro groups is 1. The standard InChI is InChI=1S/C22H15BrN2O5S/c1-13-5-6-15(10-18(13)25(28)29)19-8-7-17(30-19)11-20-21(26)24(22(27)31-20)12-14-3-2-4-16(23)9-14/h2-11H,12H2,1H3/b20-11+. The minimum atomic E-state index is -0.441. The number of nitrogens with zero attached hydrogens (tertiary/aromatic N) is 2. The Hall–Kier alpha value is -3.17. The molecule has 1 saturated heterocycles. The quantitative estimate of drug-likeness (QED) is 0.237. The Kier molecular flexibility index (Phi) is 5.79. The number of hydrogen-bond donors (Lipinski definition) is 0. The number of aryl methyl sites for hydroxylation is 1. The second kappa shape index (κ2) is 8.52. The Morgan fingerprint density at radius 3 is 2.71 bits per heavy atom. The van der Waals surface area contributed by atoms with Crippen LogP contribution >= 0.6 is 27.7 Å². The van der Waals surface area contributed by atoms with Crippen molar-refractivity contribution in [1.82, 2.24) is 4.90 Å². The average Bonchev–Trinajstić information content (AvgIpc) is 3.29. The first-order valence-electron chi connectivity index (χ1n) is 9.17. The van der Waals surface area contributed by atoms with Crippen molar-refractivity contribution in [1.29, 1.82) is 0 Å². The third-order valence-corrected chi connectivity index (χ3v) is 6.09. The second-order valence-electron chi connectivity index (χ2n) is 6.86. The Morgan fingerprint density at radius 1 is 1.16 bits per heavy atom. The van der Waals surface area contributed by atoms with Crippen LogP contribution in [-0.2, 0) is 11.3 Å². The number of rotatable bonds is 5. The van der Waals surface area contributed by atoms with Crippen LogP contribution in [0.25, 0.3) is 17.4 Å². The smallest absolute Gasteiger partial charge is 0.293 e. The normalized spacial score (nSPS) is 15.2. The van der Waals surface area contributed by atoms with Crippen LogP contribution in [0.1, 0.15) is 16.9 Å². The van der Waals surface area contributed by atoms with Crippen LogP contribution in [0.5, 0.6) is 0 Å². The molecular weight excluding hydrogens is 484 g/mol. The molecule has 3 aromatic rings. The molecule has 9 heteroatoms. The number of imide groups is 1. The van der Waals surface area contributed by atoms with Gasteiger partial charge in [0.15, 0.2) is 0 Å². The molecule has 0 radical (unpaired) electrons. The summed E-state index contributed by atoms with van der Waals surface area (Å²) in [5.41, 5.74) is 1.95. The maximum atomic E-state index is 12.7. The lowest BCUT2D eigenvalue weighted by Crippen LogP contribution is -2.27. The van der Waals surface area contributed by atoms with Crippen molar-refractivity contribution in [3.05, 3.63) is 91.0 Å². The van der Waals surface area contributed by atoms with Crippen molar-refractivity contribution < 1.29 is 18.9 Å². The number of thioether (sulfide) groups is 1. The molecule has 1 aromatic heterocycles. The zero-order chi connectivity index (χ0) is 22.1. The Balaban J connectivity index is 1.55. The molecule has 0 spiro atoms. The van der Waals surface area contributed by atoms with Crippen LogP contribution in [0, 0.1) is 17.0 Å². The van der Waals surface area contributed by atoms with Crippen molar-refractivity contribution in [2.24, 2.45) is 0 Å². The molecule has 2 amide bonds. The summed E-state index contributed by atoms with van der Waals surface area (Å²) >= 11 is 4.23. The van der Waals surface area contributed by atoms with E-state index in [1.54, 1.807) is 31.2 Å². The Morgan fingerprint density at radius 2 is 1.97 bits per heavy atom. The summed E-state index contributed by atoms with van der Waals surface area (Å²) in [6, 6.07) is 15.6. The molecule has 0 bridgehead atoms. The van der Waals surface area contributed by atoms with Gasteiger partial charge in [-0.05, 0) is 48.5 Å². The number of hydrogen-bond acceptors (Lipinski definition) is 6. The molecule has 7 nitrogen and oxygen atoms in total. The SMILES string of the molecule is Cc1ccc(-c2ccc(/C=C3/SC(=O)N(Cc4cccc(Br)c4)C3=O)o2)cc1[N+](=O)[O-]. The molecule has 0 aliphatic carbocycles. The summed E-state index contributed by atoms with van der Waals surface area (Å²) in [7, 11) is 0. The van der Waals surface area contributed by atoms with Gasteiger partial charge in [0, 0.05) is 27.7 Å². The highest BCUT2D eigenvalue weighted by atomic mass is 79.9. The van der Waals surface area contributed by atoms with Crippen LogP contribution in [-0.4, -0.2) is 21.0 Å². The predicted molar refractivity (Wildman–Crippen MR) is 121 cm³/mol. The minimum Gasteiger partial charge on any atom is -0.457 e. The first-order valence-corrected chi connectivity index (χ1v) is 10.8. The lowest BCUT2D eigenvalue weighted by molar-refractivity contribution is -0.385. The van der Waals surface area contributed by atoms with Crippen molar-refractivity contribution in [3.63, 3.8) is 0 Å². The summed E-state index contributed by atoms with van der Waals surface area (Å²) < 4.78 is 6.63. The number of benzene rings is 2. The van der Waals surface area contributed by atoms with Gasteiger partial charge < -0.3 is 4.42 Å². The summed E-state index contributed by atoms with van der Waals surface area (Å²) in [4.78, 5) is 37.3. The third-order valence-electron chi connectivity index (χ3n) is 4.69. The maximum absolute atomic E-state index is 12.7. The molecule has 0 atom stereocenters. The van der Waals surface area contributed by atoms with Crippen LogP contribution in [0.3, 0.4) is 0 Å². The van der Waals surface area contributed by atoms with E-state index in [1.807, 2.05) is 24.3 Å². The van der Waals surface area contributed by atoms with E-state index in [0.29, 0.717) is 22.6 Å². The number of carbonyl (C=O) groups excluding carboxylic acids is 2. The number of nitro benzene ring substituents is 1. The molecule has 0 unspecified atom stereocenters. The molecule has 31 heavy (non-hydrogen) atoms. The van der Waals surface area contributed by atoms with E-state index in [4.69, 9.17) is 4.42 Å². The molecule has 0 N–H and O–H groups in total. The fraction of sp³-hybridized carbons (Fsp3) is 0.0909. The van der Waals surface area contributed by atoms with Gasteiger partial charge in [0.2, 0.25) is 0 Å². The molecule has 2 heterocycles. The summed E-state index contributed by atoms with van der Waals surface area (Å²) in [6.45, 7) is 1.84. The Bertz CT molecular complexity index is 1250. The van der Waals surface area contributed by atoms with E-state index in [1.165, 1.54) is 17.0 Å². The van der Waals surface area contributed by atoms with Gasteiger partial charge in [-0.3, -0.25) is 24.6 Å². The van der Waals surface area contributed by atoms with Gasteiger partial charge >= 0.3 is 0 Å². The number of halogens is 1. The fourth-order valence-corrected chi connectivity index (χ4v) is 4.39. The van der Waals surface area contributed by atoms with Crippen molar-refractivity contribution in [3.8, 4) is 11.3 Å². The second-order valence-corrected chi connectivity index (χ2v) is 8.77. The van der Waals surface area contributed by atoms with E-state index >= 15 is 0 Å². The minimum absolute atomic E-state index is 0.00381. The number of furan rings is 1. The Labute approximate surface area is 190 Å². The molecule has 4 rings (SSSR count). The van der Waals surface area contributed by atoms with Gasteiger partial charge in [0.05, 0.1) is 16.4 Å². The maximum Gasteiger partial charge on any atom is 0.293 e. The van der Waals surface area contributed by atoms with Crippen molar-refractivity contribution >= 4 is 50.6 Å². The molecule has 2 aromatic carbocycles. The van der Waals surface area contributed by atoms with Gasteiger partial charge in [-0.1, -0.05) is 40.2 Å². The van der Waals surface area contributed by atoms with Gasteiger partial charge in [0.25, 0.3) is 16.8 Å². The van der Waals surface area contributed by atoms with E-state index in [-0.39, 0.29) is 28.3 Å². The first-order chi connectivity index (χ1) is 14.8. The predicted octanol–water partition coefficient (Wildman–Crippen LogP) is 6.16. The van der Waals surface area contributed by atoms with Gasteiger partial charge in [0.1, 0.15) is 11.5 Å². The number of amides is 2. The lowest BCUT2D eigenvalue weighted by Gasteiger charge is -2.12. The summed E-state index contributed by atoms with van der Waals surface area (Å²) in [5, 5.41) is 10.8. The highest BCUT2D eigenvalue weighted by Crippen LogP contribution is 2.35. The topological polar surface area (TPSA) is 93.7 Å². The molecule has 0 saturated carbocycles. The largest absolute Gasteiger partial charge is 0.457 e.